The van der Waals surface area contributed by atoms with Gasteiger partial charge in [-0.25, -0.2) is 0 Å². The number of aromatic nitrogens is 2. The molecule has 4 aromatic rings. The molecule has 31 heavy (non-hydrogen) atoms. The van der Waals surface area contributed by atoms with E-state index in [0.717, 1.165) is 0 Å². The zero-order chi connectivity index (χ0) is 21.8. The van der Waals surface area contributed by atoms with Crippen molar-refractivity contribution in [1.29, 1.82) is 0 Å². The van der Waals surface area contributed by atoms with Crippen LogP contribution in [0.25, 0.3) is 32.3 Å². The predicted octanol–water partition coefficient (Wildman–Crippen LogP) is 6.89. The molecule has 4 heterocycles. The molecule has 0 saturated carbocycles. The molecule has 0 radical (unpaired) electrons. The minimum absolute atomic E-state index is 1.20. The van der Waals surface area contributed by atoms with Crippen molar-refractivity contribution in [2.45, 2.75) is 46.0 Å². The van der Waals surface area contributed by atoms with E-state index in [9.17, 15) is 0 Å². The van der Waals surface area contributed by atoms with Crippen LogP contribution in [0, 0.1) is 6.92 Å². The average Bonchev–Trinajstić information content (AvgIpc) is 3.41. The largest absolute Gasteiger partial charge is 0.277 e. The maximum Gasteiger partial charge on any atom is 0.277 e. The Bertz CT molecular complexity index is 1170. The lowest BCUT2D eigenvalue weighted by Crippen LogP contribution is -2.38. The van der Waals surface area contributed by atoms with E-state index in [1.54, 1.807) is 0 Å². The van der Waals surface area contributed by atoms with Gasteiger partial charge < -0.3 is 0 Å². The first kappa shape index (κ1) is 21.9. The maximum absolute atomic E-state index is 2.34. The van der Waals surface area contributed by atoms with Crippen molar-refractivity contribution in [3.05, 3.63) is 70.7 Å². The van der Waals surface area contributed by atoms with Crippen LogP contribution < -0.4 is 9.13 Å². The molecule has 4 rings (SSSR count). The van der Waals surface area contributed by atoms with Gasteiger partial charge in [0.05, 0.1) is 0 Å². The highest BCUT2D eigenvalue weighted by molar-refractivity contribution is 7.15. The molecule has 2 nitrogen and oxygen atoms in total. The molecule has 160 valence electrons. The smallest absolute Gasteiger partial charge is 0.196 e. The van der Waals surface area contributed by atoms with E-state index in [1.165, 1.54) is 74.1 Å². The van der Waals surface area contributed by atoms with Crippen molar-refractivity contribution in [2.24, 2.45) is 14.1 Å². The van der Waals surface area contributed by atoms with Crippen LogP contribution in [-0.2, 0) is 20.5 Å². The lowest BCUT2D eigenvalue weighted by Gasteiger charge is -2.04. The highest BCUT2D eigenvalue weighted by Gasteiger charge is 2.22. The molecule has 0 aliphatic rings. The van der Waals surface area contributed by atoms with E-state index in [2.05, 4.69) is 98.0 Å². The lowest BCUT2D eigenvalue weighted by molar-refractivity contribution is -0.690. The van der Waals surface area contributed by atoms with Gasteiger partial charge in [-0.1, -0.05) is 26.2 Å². The molecule has 4 heteroatoms. The molecule has 0 amide bonds. The summed E-state index contributed by atoms with van der Waals surface area (Å²) in [6.07, 6.45) is 10.8. The number of pyridine rings is 2. The summed E-state index contributed by atoms with van der Waals surface area (Å²) in [4.78, 5) is 5.53. The van der Waals surface area contributed by atoms with Gasteiger partial charge in [-0.15, -0.1) is 22.7 Å². The van der Waals surface area contributed by atoms with Crippen LogP contribution in [0.3, 0.4) is 0 Å². The van der Waals surface area contributed by atoms with Crippen molar-refractivity contribution in [3.63, 3.8) is 0 Å². The van der Waals surface area contributed by atoms with Crippen molar-refractivity contribution in [2.75, 3.05) is 0 Å². The first-order chi connectivity index (χ1) is 15.0. The molecule has 0 spiro atoms. The molecular formula is C27H32N2S2+2. The van der Waals surface area contributed by atoms with Gasteiger partial charge >= 0.3 is 0 Å². The summed E-state index contributed by atoms with van der Waals surface area (Å²) in [7, 11) is 4.26. The van der Waals surface area contributed by atoms with Crippen LogP contribution in [0.15, 0.2) is 60.9 Å². The Labute approximate surface area is 194 Å². The second-order valence-electron chi connectivity index (χ2n) is 8.31. The topological polar surface area (TPSA) is 7.76 Å². The number of nitrogens with zero attached hydrogens (tertiary/aromatic N) is 2. The molecule has 0 aliphatic heterocycles. The summed E-state index contributed by atoms with van der Waals surface area (Å²) in [5.41, 5.74) is 5.04. The Hall–Kier alpha value is -2.30. The lowest BCUT2D eigenvalue weighted by atomic mass is 10.1. The standard InChI is InChI=1S/C27H32N2S2/c1-5-6-7-8-9-23-11-13-27(31-23)22-15-17-29(4)25(19-22)24-18-21(14-16-28(24)3)26-12-10-20(2)30-26/h10-19H,5-9H2,1-4H3/q+2. The predicted molar refractivity (Wildman–Crippen MR) is 133 cm³/mol. The summed E-state index contributed by atoms with van der Waals surface area (Å²) in [5.74, 6) is 0. The first-order valence-corrected chi connectivity index (χ1v) is 12.8. The summed E-state index contributed by atoms with van der Waals surface area (Å²) in [5, 5.41) is 0. The molecule has 0 aromatic carbocycles. The first-order valence-electron chi connectivity index (χ1n) is 11.2. The number of unbranched alkanes of at least 4 members (excludes halogenated alkanes) is 3. The third-order valence-electron chi connectivity index (χ3n) is 5.81. The van der Waals surface area contributed by atoms with Gasteiger partial charge in [0.25, 0.3) is 11.4 Å². The molecule has 0 atom stereocenters. The summed E-state index contributed by atoms with van der Waals surface area (Å²) in [6, 6.07) is 18.1. The number of aryl methyl sites for hydroxylation is 4. The van der Waals surface area contributed by atoms with Gasteiger partial charge in [0, 0.05) is 54.9 Å². The van der Waals surface area contributed by atoms with Crippen LogP contribution in [0.5, 0.6) is 0 Å². The van der Waals surface area contributed by atoms with Crippen LogP contribution >= 0.6 is 22.7 Å². The fourth-order valence-electron chi connectivity index (χ4n) is 3.94. The Morgan fingerprint density at radius 1 is 0.710 bits per heavy atom. The van der Waals surface area contributed by atoms with Crippen molar-refractivity contribution in [1.82, 2.24) is 0 Å². The minimum Gasteiger partial charge on any atom is -0.196 e. The van der Waals surface area contributed by atoms with Gasteiger partial charge in [0.1, 0.15) is 14.1 Å². The second kappa shape index (κ2) is 9.88. The quantitative estimate of drug-likeness (QED) is 0.205. The van der Waals surface area contributed by atoms with E-state index < -0.39 is 0 Å². The average molecular weight is 449 g/mol. The van der Waals surface area contributed by atoms with Gasteiger partial charge in [-0.05, 0) is 44.0 Å². The van der Waals surface area contributed by atoms with Crippen LogP contribution in [-0.4, -0.2) is 0 Å². The van der Waals surface area contributed by atoms with E-state index in [4.69, 9.17) is 0 Å². The van der Waals surface area contributed by atoms with Gasteiger partial charge in [0.15, 0.2) is 12.4 Å². The van der Waals surface area contributed by atoms with Gasteiger partial charge in [-0.2, -0.15) is 9.13 Å². The van der Waals surface area contributed by atoms with E-state index in [0.29, 0.717) is 0 Å². The van der Waals surface area contributed by atoms with E-state index in [-0.39, 0.29) is 0 Å². The number of thiophene rings is 2. The molecule has 0 aliphatic carbocycles. The fourth-order valence-corrected chi connectivity index (χ4v) is 5.85. The van der Waals surface area contributed by atoms with E-state index in [1.807, 2.05) is 22.7 Å². The Kier molecular flexibility index (Phi) is 6.99. The second-order valence-corrected chi connectivity index (χ2v) is 10.8. The molecular weight excluding hydrogens is 416 g/mol. The van der Waals surface area contributed by atoms with Crippen LogP contribution in [0.1, 0.15) is 42.4 Å². The maximum atomic E-state index is 2.34. The molecule has 0 unspecified atom stereocenters. The van der Waals surface area contributed by atoms with Crippen LogP contribution in [0.4, 0.5) is 0 Å². The molecule has 0 fully saturated rings. The van der Waals surface area contributed by atoms with Gasteiger partial charge in [0.2, 0.25) is 0 Å². The van der Waals surface area contributed by atoms with Crippen LogP contribution in [0.2, 0.25) is 0 Å². The fraction of sp³-hybridized carbons (Fsp3) is 0.333. The van der Waals surface area contributed by atoms with Crippen molar-refractivity contribution in [3.8, 4) is 32.3 Å². The van der Waals surface area contributed by atoms with Gasteiger partial charge in [-0.3, -0.25) is 0 Å². The zero-order valence-corrected chi connectivity index (χ0v) is 20.7. The summed E-state index contributed by atoms with van der Waals surface area (Å²) >= 11 is 3.80. The number of hydrogen-bond donors (Lipinski definition) is 0. The van der Waals surface area contributed by atoms with E-state index >= 15 is 0 Å². The highest BCUT2D eigenvalue weighted by Crippen LogP contribution is 2.32. The minimum atomic E-state index is 1.20. The summed E-state index contributed by atoms with van der Waals surface area (Å²) in [6.45, 7) is 4.44. The third-order valence-corrected chi connectivity index (χ3v) is 8.05. The Morgan fingerprint density at radius 2 is 1.32 bits per heavy atom. The third kappa shape index (κ3) is 5.13. The monoisotopic (exact) mass is 448 g/mol. The highest BCUT2D eigenvalue weighted by atomic mass is 32.1. The SMILES string of the molecule is CCCCCCc1ccc(-c2cc[n+](C)c(-c3cc(-c4ccc(C)s4)cc[n+]3C)c2)s1. The Balaban J connectivity index is 1.64. The Morgan fingerprint density at radius 3 is 1.90 bits per heavy atom. The molecule has 0 bridgehead atoms. The number of rotatable bonds is 8. The molecule has 4 aromatic heterocycles. The van der Waals surface area contributed by atoms with Crippen molar-refractivity contribution < 1.29 is 9.13 Å². The number of hydrogen-bond acceptors (Lipinski definition) is 2. The molecule has 0 saturated heterocycles. The normalized spacial score (nSPS) is 11.2. The zero-order valence-electron chi connectivity index (χ0n) is 19.0. The molecule has 0 N–H and O–H groups in total. The van der Waals surface area contributed by atoms with Crippen molar-refractivity contribution >= 4 is 22.7 Å². The summed E-state index contributed by atoms with van der Waals surface area (Å²) < 4.78 is 4.44.